The molecule has 1 amide bonds. The number of aromatic nitrogens is 2. The molecule has 0 saturated carbocycles. The average molecular weight is 401 g/mol. The van der Waals surface area contributed by atoms with Crippen LogP contribution < -0.4 is 14.8 Å². The number of nitrogens with one attached hydrogen (secondary N) is 1. The highest BCUT2D eigenvalue weighted by Crippen LogP contribution is 2.41. The lowest BCUT2D eigenvalue weighted by molar-refractivity contribution is -0.116. The van der Waals surface area contributed by atoms with Gasteiger partial charge in [0.25, 0.3) is 0 Å². The van der Waals surface area contributed by atoms with Gasteiger partial charge in [-0.2, -0.15) is 5.10 Å². The lowest BCUT2D eigenvalue weighted by Crippen LogP contribution is -2.24. The summed E-state index contributed by atoms with van der Waals surface area (Å²) in [5.41, 5.74) is 5.14. The fourth-order valence-corrected chi connectivity index (χ4v) is 3.88. The molecule has 1 N–H and O–H groups in total. The van der Waals surface area contributed by atoms with E-state index in [9.17, 15) is 4.79 Å². The quantitative estimate of drug-likeness (QED) is 0.657. The summed E-state index contributed by atoms with van der Waals surface area (Å²) < 4.78 is 12.8. The van der Waals surface area contributed by atoms with Crippen molar-refractivity contribution in [3.8, 4) is 29.5 Å². The number of benzene rings is 2. The van der Waals surface area contributed by atoms with E-state index in [-0.39, 0.29) is 18.4 Å². The minimum atomic E-state index is -0.135. The molecule has 1 aliphatic heterocycles. The molecule has 0 fully saturated rings. The minimum absolute atomic E-state index is 0.0503. The van der Waals surface area contributed by atoms with E-state index >= 15 is 0 Å². The number of ether oxygens (including phenoxy) is 2. The third-order valence-corrected chi connectivity index (χ3v) is 5.30. The van der Waals surface area contributed by atoms with Gasteiger partial charge in [0, 0.05) is 17.9 Å². The Morgan fingerprint density at radius 1 is 1.23 bits per heavy atom. The molecule has 1 unspecified atom stereocenters. The molecule has 6 heteroatoms. The molecule has 0 spiro atoms. The standard InChI is InChI=1S/C24H23N3O3/c1-5-10-30-21-9-7-17(12-22(21)29-4)18-13-23(28)26-24-19(18)14-25-27(24)20-8-6-15(2)11-16(20)3/h1,6-9,11-12,14,18H,10,13H2,2-4H3,(H,26,28). The Bertz CT molecular complexity index is 1160. The first-order valence-electron chi connectivity index (χ1n) is 9.71. The Hall–Kier alpha value is -3.72. The number of hydrogen-bond donors (Lipinski definition) is 1. The van der Waals surface area contributed by atoms with Crippen molar-refractivity contribution in [3.05, 3.63) is 64.8 Å². The van der Waals surface area contributed by atoms with Gasteiger partial charge in [-0.3, -0.25) is 4.79 Å². The third-order valence-electron chi connectivity index (χ3n) is 5.30. The zero-order valence-corrected chi connectivity index (χ0v) is 17.2. The molecule has 1 atom stereocenters. The number of rotatable bonds is 5. The molecule has 2 aromatic carbocycles. The first kappa shape index (κ1) is 19.6. The molecule has 2 heterocycles. The normalized spacial score (nSPS) is 15.1. The van der Waals surface area contributed by atoms with Crippen LogP contribution in [-0.4, -0.2) is 29.4 Å². The SMILES string of the molecule is C#CCOc1ccc(C2CC(=O)Nc3c2cnn3-c2ccc(C)cc2C)cc1OC. The van der Waals surface area contributed by atoms with Crippen LogP contribution in [0.1, 0.15) is 34.6 Å². The molecule has 1 aliphatic rings. The number of aryl methyl sites for hydroxylation is 2. The van der Waals surface area contributed by atoms with Gasteiger partial charge < -0.3 is 14.8 Å². The van der Waals surface area contributed by atoms with Crippen LogP contribution >= 0.6 is 0 Å². The van der Waals surface area contributed by atoms with Gasteiger partial charge in [0.2, 0.25) is 5.91 Å². The number of amides is 1. The zero-order valence-electron chi connectivity index (χ0n) is 17.2. The Morgan fingerprint density at radius 3 is 2.80 bits per heavy atom. The van der Waals surface area contributed by atoms with Crippen molar-refractivity contribution in [1.29, 1.82) is 0 Å². The Balaban J connectivity index is 1.76. The van der Waals surface area contributed by atoms with Crippen molar-refractivity contribution in [2.24, 2.45) is 0 Å². The highest BCUT2D eigenvalue weighted by Gasteiger charge is 2.31. The van der Waals surface area contributed by atoms with Gasteiger partial charge in [-0.05, 0) is 43.2 Å². The van der Waals surface area contributed by atoms with E-state index in [1.54, 1.807) is 11.8 Å². The lowest BCUT2D eigenvalue weighted by Gasteiger charge is -2.24. The summed E-state index contributed by atoms with van der Waals surface area (Å²) in [7, 11) is 1.58. The van der Waals surface area contributed by atoms with Crippen molar-refractivity contribution in [1.82, 2.24) is 9.78 Å². The topological polar surface area (TPSA) is 65.4 Å². The van der Waals surface area contributed by atoms with Gasteiger partial charge in [0.15, 0.2) is 11.5 Å². The molecule has 0 radical (unpaired) electrons. The fourth-order valence-electron chi connectivity index (χ4n) is 3.88. The van der Waals surface area contributed by atoms with Gasteiger partial charge in [-0.25, -0.2) is 4.68 Å². The molecule has 0 aliphatic carbocycles. The zero-order chi connectivity index (χ0) is 21.3. The molecule has 3 aromatic rings. The second-order valence-electron chi connectivity index (χ2n) is 7.36. The van der Waals surface area contributed by atoms with Gasteiger partial charge >= 0.3 is 0 Å². The van der Waals surface area contributed by atoms with Gasteiger partial charge in [-0.15, -0.1) is 6.42 Å². The molecular weight excluding hydrogens is 378 g/mol. The van der Waals surface area contributed by atoms with Crippen LogP contribution in [0.4, 0.5) is 5.82 Å². The van der Waals surface area contributed by atoms with E-state index in [1.165, 1.54) is 5.56 Å². The highest BCUT2D eigenvalue weighted by atomic mass is 16.5. The fraction of sp³-hybridized carbons (Fsp3) is 0.250. The Labute approximate surface area is 175 Å². The summed E-state index contributed by atoms with van der Waals surface area (Å²) in [4.78, 5) is 12.6. The van der Waals surface area contributed by atoms with Crippen LogP contribution in [0.3, 0.4) is 0 Å². The van der Waals surface area contributed by atoms with Gasteiger partial charge in [-0.1, -0.05) is 29.7 Å². The van der Waals surface area contributed by atoms with Crippen LogP contribution in [0.5, 0.6) is 11.5 Å². The number of anilines is 1. The van der Waals surface area contributed by atoms with E-state index < -0.39 is 0 Å². The minimum Gasteiger partial charge on any atom is -0.493 e. The van der Waals surface area contributed by atoms with Gasteiger partial charge in [0.1, 0.15) is 12.4 Å². The maximum Gasteiger partial charge on any atom is 0.226 e. The predicted molar refractivity (Wildman–Crippen MR) is 115 cm³/mol. The Kier molecular flexibility index (Phi) is 5.20. The van der Waals surface area contributed by atoms with E-state index in [0.717, 1.165) is 22.4 Å². The van der Waals surface area contributed by atoms with Crippen LogP contribution in [-0.2, 0) is 4.79 Å². The van der Waals surface area contributed by atoms with Crippen molar-refractivity contribution in [3.63, 3.8) is 0 Å². The Morgan fingerprint density at radius 2 is 2.07 bits per heavy atom. The second-order valence-corrected chi connectivity index (χ2v) is 7.36. The number of methoxy groups -OCH3 is 1. The second kappa shape index (κ2) is 7.96. The molecule has 0 saturated heterocycles. The molecule has 30 heavy (non-hydrogen) atoms. The van der Waals surface area contributed by atoms with Crippen molar-refractivity contribution >= 4 is 11.7 Å². The highest BCUT2D eigenvalue weighted by molar-refractivity contribution is 5.94. The molecule has 4 rings (SSSR count). The van der Waals surface area contributed by atoms with Crippen LogP contribution in [0.15, 0.2) is 42.6 Å². The summed E-state index contributed by atoms with van der Waals surface area (Å²) in [6, 6.07) is 11.8. The average Bonchev–Trinajstić information content (AvgIpc) is 3.15. The maximum atomic E-state index is 12.6. The van der Waals surface area contributed by atoms with Crippen molar-refractivity contribution < 1.29 is 14.3 Å². The number of terminal acetylenes is 1. The number of hydrogen-bond acceptors (Lipinski definition) is 4. The molecule has 152 valence electrons. The van der Waals surface area contributed by atoms with Crippen LogP contribution in [0.2, 0.25) is 0 Å². The summed E-state index contributed by atoms with van der Waals surface area (Å²) in [6.07, 6.45) is 7.44. The molecular formula is C24H23N3O3. The summed E-state index contributed by atoms with van der Waals surface area (Å²) >= 11 is 0. The number of carbonyl (C=O) groups excluding carboxylic acids is 1. The number of carbonyl (C=O) groups is 1. The first-order valence-corrected chi connectivity index (χ1v) is 9.71. The third kappa shape index (κ3) is 3.50. The van der Waals surface area contributed by atoms with E-state index in [2.05, 4.69) is 29.3 Å². The smallest absolute Gasteiger partial charge is 0.226 e. The summed E-state index contributed by atoms with van der Waals surface area (Å²) in [6.45, 7) is 4.25. The summed E-state index contributed by atoms with van der Waals surface area (Å²) in [5, 5.41) is 7.59. The van der Waals surface area contributed by atoms with E-state index in [0.29, 0.717) is 23.7 Å². The van der Waals surface area contributed by atoms with Crippen molar-refractivity contribution in [2.75, 3.05) is 19.0 Å². The summed E-state index contributed by atoms with van der Waals surface area (Å²) in [5.74, 6) is 4.12. The maximum absolute atomic E-state index is 12.6. The van der Waals surface area contributed by atoms with Crippen LogP contribution in [0, 0.1) is 26.2 Å². The molecule has 6 nitrogen and oxygen atoms in total. The van der Waals surface area contributed by atoms with E-state index in [1.807, 2.05) is 43.5 Å². The number of nitrogens with zero attached hydrogens (tertiary/aromatic N) is 2. The van der Waals surface area contributed by atoms with Gasteiger partial charge in [0.05, 0.1) is 19.0 Å². The largest absolute Gasteiger partial charge is 0.493 e. The van der Waals surface area contributed by atoms with E-state index in [4.69, 9.17) is 15.9 Å². The van der Waals surface area contributed by atoms with Crippen LogP contribution in [0.25, 0.3) is 5.69 Å². The first-order chi connectivity index (χ1) is 14.5. The predicted octanol–water partition coefficient (Wildman–Crippen LogP) is 3.98. The monoisotopic (exact) mass is 401 g/mol. The molecule has 0 bridgehead atoms. The lowest BCUT2D eigenvalue weighted by atomic mass is 9.87. The van der Waals surface area contributed by atoms with Crippen molar-refractivity contribution in [2.45, 2.75) is 26.2 Å². The number of fused-ring (bicyclic) bond motifs is 1. The molecule has 1 aromatic heterocycles.